The number of amides is 4. The molecule has 3 heterocycles. The van der Waals surface area contributed by atoms with E-state index in [-0.39, 0.29) is 24.1 Å². The minimum Gasteiger partial charge on any atom is -0.484 e. The fourth-order valence-electron chi connectivity index (χ4n) is 3.33. The van der Waals surface area contributed by atoms with Crippen molar-refractivity contribution in [1.29, 1.82) is 0 Å². The Morgan fingerprint density at radius 1 is 1.21 bits per heavy atom. The van der Waals surface area contributed by atoms with Crippen molar-refractivity contribution in [2.45, 2.75) is 12.8 Å². The van der Waals surface area contributed by atoms with Crippen LogP contribution in [-0.2, 0) is 9.59 Å². The van der Waals surface area contributed by atoms with Gasteiger partial charge in [0.05, 0.1) is 14.1 Å². The van der Waals surface area contributed by atoms with E-state index in [1.807, 2.05) is 0 Å². The van der Waals surface area contributed by atoms with E-state index in [0.717, 1.165) is 30.8 Å². The number of nitrogens with zero attached hydrogens (tertiary/aromatic N) is 5. The van der Waals surface area contributed by atoms with Gasteiger partial charge in [-0.3, -0.25) is 4.79 Å². The predicted octanol–water partition coefficient (Wildman–Crippen LogP) is 0.522. The highest BCUT2D eigenvalue weighted by atomic mass is 16.5. The average Bonchev–Trinajstić information content (AvgIpc) is 3.39. The summed E-state index contributed by atoms with van der Waals surface area (Å²) in [7, 11) is 2.95. The van der Waals surface area contributed by atoms with Crippen LogP contribution in [0.5, 0.6) is 5.75 Å². The van der Waals surface area contributed by atoms with Gasteiger partial charge >= 0.3 is 17.8 Å². The van der Waals surface area contributed by atoms with Gasteiger partial charge in [-0.25, -0.2) is 9.59 Å². The second-order valence-corrected chi connectivity index (χ2v) is 6.83. The van der Waals surface area contributed by atoms with Gasteiger partial charge in [0.15, 0.2) is 6.61 Å². The van der Waals surface area contributed by atoms with Crippen LogP contribution in [0.3, 0.4) is 0 Å². The van der Waals surface area contributed by atoms with Crippen molar-refractivity contribution in [2.24, 2.45) is 9.98 Å². The third kappa shape index (κ3) is 3.08. The second kappa shape index (κ2) is 6.99. The van der Waals surface area contributed by atoms with Crippen LogP contribution in [0.4, 0.5) is 4.79 Å². The molecule has 1 fully saturated rings. The Labute approximate surface area is 161 Å². The maximum atomic E-state index is 12.3. The summed E-state index contributed by atoms with van der Waals surface area (Å²) in [4.78, 5) is 48.0. The molecule has 0 unspecified atom stereocenters. The number of carbonyl (C=O) groups excluding carboxylic acids is 3. The van der Waals surface area contributed by atoms with Gasteiger partial charge in [-0.1, -0.05) is 11.1 Å². The van der Waals surface area contributed by atoms with Crippen molar-refractivity contribution in [2.75, 3.05) is 33.8 Å². The van der Waals surface area contributed by atoms with Gasteiger partial charge in [0.2, 0.25) is 11.5 Å². The smallest absolute Gasteiger partial charge is 0.446 e. The number of amidine groups is 2. The number of benzene rings is 1. The molecule has 0 atom stereocenters. The van der Waals surface area contributed by atoms with Gasteiger partial charge in [-0.15, -0.1) is 0 Å². The summed E-state index contributed by atoms with van der Waals surface area (Å²) < 4.78 is 6.93. The molecule has 144 valence electrons. The predicted molar refractivity (Wildman–Crippen MR) is 101 cm³/mol. The van der Waals surface area contributed by atoms with Crippen molar-refractivity contribution in [3.05, 3.63) is 29.8 Å². The highest BCUT2D eigenvalue weighted by molar-refractivity contribution is 6.70. The van der Waals surface area contributed by atoms with Gasteiger partial charge in [0.25, 0.3) is 5.91 Å². The number of carbonyl (C=O) groups is 3. The molecule has 9 nitrogen and oxygen atoms in total. The number of ether oxygens (including phenoxy) is 1. The standard InChI is InChI=1S/C19H20N5O4/c1-22-17-15(18(26)23(2)19(22)27)20-16(21-17)12-6-5-7-13(10-12)28-11-14(25)24-8-3-4-9-24/h5-7,10H,3-4,8-9,11H2,1-2H3/q+1. The van der Waals surface area contributed by atoms with Gasteiger partial charge in [0.1, 0.15) is 5.75 Å². The quantitative estimate of drug-likeness (QED) is 0.710. The number of hydrogen-bond acceptors (Lipinski definition) is 6. The SMILES string of the molecule is CN1C(=O)C2=NC(c3cccc(OCC(=O)N4CCCC4)c3)=NC2=[N+](C)C1=O. The summed E-state index contributed by atoms with van der Waals surface area (Å²) in [6.45, 7) is 1.54. The van der Waals surface area contributed by atoms with E-state index in [1.165, 1.54) is 11.6 Å². The molecule has 0 radical (unpaired) electrons. The van der Waals surface area contributed by atoms with E-state index < -0.39 is 11.9 Å². The summed E-state index contributed by atoms with van der Waals surface area (Å²) in [6, 6.07) is 6.56. The molecule has 1 aromatic rings. The normalized spacial score (nSPS) is 19.1. The molecular formula is C19H20N5O4+. The lowest BCUT2D eigenvalue weighted by Gasteiger charge is -2.15. The maximum absolute atomic E-state index is 12.3. The maximum Gasteiger partial charge on any atom is 0.446 e. The Balaban J connectivity index is 1.54. The van der Waals surface area contributed by atoms with Crippen LogP contribution >= 0.6 is 0 Å². The molecule has 0 bridgehead atoms. The van der Waals surface area contributed by atoms with Gasteiger partial charge < -0.3 is 9.64 Å². The fraction of sp³-hybridized carbons (Fsp3) is 0.368. The lowest BCUT2D eigenvalue weighted by Crippen LogP contribution is -2.51. The van der Waals surface area contributed by atoms with Crippen LogP contribution in [-0.4, -0.2) is 83.4 Å². The van der Waals surface area contributed by atoms with Crippen LogP contribution in [0.1, 0.15) is 18.4 Å². The van der Waals surface area contributed by atoms with E-state index in [9.17, 15) is 14.4 Å². The molecule has 3 aliphatic heterocycles. The van der Waals surface area contributed by atoms with Crippen molar-refractivity contribution in [1.82, 2.24) is 9.80 Å². The molecule has 0 N–H and O–H groups in total. The summed E-state index contributed by atoms with van der Waals surface area (Å²) in [6.07, 6.45) is 2.07. The molecule has 4 amide bonds. The summed E-state index contributed by atoms with van der Waals surface area (Å²) in [5.74, 6) is 0.557. The molecule has 1 saturated heterocycles. The van der Waals surface area contributed by atoms with E-state index >= 15 is 0 Å². The van der Waals surface area contributed by atoms with Crippen LogP contribution in [0.25, 0.3) is 0 Å². The molecule has 0 saturated carbocycles. The summed E-state index contributed by atoms with van der Waals surface area (Å²) in [5, 5.41) is 0. The minimum absolute atomic E-state index is 0.0255. The van der Waals surface area contributed by atoms with Crippen molar-refractivity contribution in [3.63, 3.8) is 0 Å². The second-order valence-electron chi connectivity index (χ2n) is 6.83. The number of urea groups is 1. The Morgan fingerprint density at radius 2 is 1.96 bits per heavy atom. The number of imide groups is 1. The Morgan fingerprint density at radius 3 is 2.71 bits per heavy atom. The Hall–Kier alpha value is -3.36. The number of aliphatic imine (C=N–C) groups is 2. The van der Waals surface area contributed by atoms with E-state index in [1.54, 1.807) is 36.2 Å². The lowest BCUT2D eigenvalue weighted by molar-refractivity contribution is -0.401. The molecule has 3 aliphatic rings. The van der Waals surface area contributed by atoms with Gasteiger partial charge in [-0.2, -0.15) is 14.5 Å². The molecule has 4 rings (SSSR count). The average molecular weight is 382 g/mol. The molecule has 1 aromatic carbocycles. The van der Waals surface area contributed by atoms with Gasteiger partial charge in [0, 0.05) is 18.7 Å². The zero-order valence-electron chi connectivity index (χ0n) is 15.7. The summed E-state index contributed by atoms with van der Waals surface area (Å²) in [5.41, 5.74) is 0.770. The first-order chi connectivity index (χ1) is 13.5. The zero-order chi connectivity index (χ0) is 19.8. The largest absolute Gasteiger partial charge is 0.484 e. The number of rotatable bonds is 4. The molecule has 28 heavy (non-hydrogen) atoms. The summed E-state index contributed by atoms with van der Waals surface area (Å²) >= 11 is 0. The third-order valence-corrected chi connectivity index (χ3v) is 4.95. The number of likely N-dealkylation sites (tertiary alicyclic amines) is 1. The van der Waals surface area contributed by atoms with Crippen LogP contribution < -0.4 is 4.74 Å². The molecular weight excluding hydrogens is 362 g/mol. The van der Waals surface area contributed by atoms with Gasteiger partial charge in [-0.05, 0) is 31.0 Å². The lowest BCUT2D eigenvalue weighted by atomic mass is 10.2. The highest BCUT2D eigenvalue weighted by Gasteiger charge is 2.44. The first-order valence-corrected chi connectivity index (χ1v) is 9.07. The van der Waals surface area contributed by atoms with E-state index in [2.05, 4.69) is 9.98 Å². The van der Waals surface area contributed by atoms with Crippen molar-refractivity contribution >= 4 is 35.2 Å². The molecule has 0 aliphatic carbocycles. The van der Waals surface area contributed by atoms with Crippen LogP contribution in [0, 0.1) is 0 Å². The number of fused-ring (bicyclic) bond motifs is 1. The monoisotopic (exact) mass is 382 g/mol. The van der Waals surface area contributed by atoms with Crippen molar-refractivity contribution < 1.29 is 23.7 Å². The van der Waals surface area contributed by atoms with Crippen LogP contribution in [0.2, 0.25) is 0 Å². The molecule has 9 heteroatoms. The van der Waals surface area contributed by atoms with E-state index in [4.69, 9.17) is 4.74 Å². The first kappa shape index (κ1) is 18.0. The minimum atomic E-state index is -0.486. The zero-order valence-corrected chi connectivity index (χ0v) is 15.7. The van der Waals surface area contributed by atoms with E-state index in [0.29, 0.717) is 17.1 Å². The van der Waals surface area contributed by atoms with Crippen LogP contribution in [0.15, 0.2) is 34.3 Å². The topological polar surface area (TPSA) is 94.7 Å². The van der Waals surface area contributed by atoms with Crippen molar-refractivity contribution in [3.8, 4) is 5.75 Å². The number of hydrogen-bond donors (Lipinski definition) is 0. The fourth-order valence-corrected chi connectivity index (χ4v) is 3.33. The first-order valence-electron chi connectivity index (χ1n) is 9.07. The molecule has 0 spiro atoms. The Kier molecular flexibility index (Phi) is 4.50. The third-order valence-electron chi connectivity index (χ3n) is 4.95. The Bertz CT molecular complexity index is 972. The molecule has 0 aromatic heterocycles. The highest BCUT2D eigenvalue weighted by Crippen LogP contribution is 2.19.